The lowest BCUT2D eigenvalue weighted by molar-refractivity contribution is -0.125. The van der Waals surface area contributed by atoms with Crippen LogP contribution in [-0.2, 0) is 11.3 Å². The van der Waals surface area contributed by atoms with Crippen LogP contribution in [0.5, 0.6) is 5.75 Å². The van der Waals surface area contributed by atoms with Gasteiger partial charge in [0.1, 0.15) is 11.4 Å². The molecule has 114 valence electrons. The van der Waals surface area contributed by atoms with Crippen molar-refractivity contribution < 1.29 is 14.3 Å². The normalized spacial score (nSPS) is 14.3. The van der Waals surface area contributed by atoms with E-state index < -0.39 is 0 Å². The fraction of sp³-hybridized carbons (Fsp3) is 0.286. The Morgan fingerprint density at radius 1 is 1.27 bits per heavy atom. The lowest BCUT2D eigenvalue weighted by Crippen LogP contribution is -2.33. The van der Waals surface area contributed by atoms with Crippen molar-refractivity contribution in [2.75, 3.05) is 20.2 Å². The third kappa shape index (κ3) is 2.62. The van der Waals surface area contributed by atoms with Crippen LogP contribution in [0.15, 0.2) is 30.5 Å². The molecule has 0 spiro atoms. The van der Waals surface area contributed by atoms with Crippen LogP contribution in [0.4, 0.5) is 4.79 Å². The van der Waals surface area contributed by atoms with Gasteiger partial charge in [0.05, 0.1) is 32.9 Å². The molecule has 0 atom stereocenters. The molecular weight excluding hydrogens is 286 g/mol. The molecule has 0 bridgehead atoms. The summed E-state index contributed by atoms with van der Waals surface area (Å²) in [5.74, 6) is 0.485. The molecule has 0 saturated carbocycles. The van der Waals surface area contributed by atoms with Gasteiger partial charge in [0.25, 0.3) is 0 Å². The van der Waals surface area contributed by atoms with E-state index in [0.29, 0.717) is 18.0 Å². The average molecular weight is 301 g/mol. The zero-order chi connectivity index (χ0) is 15.5. The molecule has 1 aromatic heterocycles. The molecule has 0 unspecified atom stereocenters. The van der Waals surface area contributed by atoms with Gasteiger partial charge in [-0.25, -0.2) is 4.79 Å². The topological polar surface area (TPSA) is 89.4 Å². The molecule has 3 rings (SSSR count). The predicted octanol–water partition coefficient (Wildman–Crippen LogP) is 0.505. The van der Waals surface area contributed by atoms with Crippen molar-refractivity contribution in [3.05, 3.63) is 30.5 Å². The highest BCUT2D eigenvalue weighted by atomic mass is 16.5. The van der Waals surface area contributed by atoms with Gasteiger partial charge in [0.2, 0.25) is 5.91 Å². The first-order valence-corrected chi connectivity index (χ1v) is 6.81. The maximum atomic E-state index is 11.5. The van der Waals surface area contributed by atoms with Gasteiger partial charge >= 0.3 is 6.03 Å². The Bertz CT molecular complexity index is 696. The summed E-state index contributed by atoms with van der Waals surface area (Å²) < 4.78 is 6.89. The number of benzene rings is 1. The van der Waals surface area contributed by atoms with Crippen LogP contribution >= 0.6 is 0 Å². The molecule has 1 aliphatic rings. The van der Waals surface area contributed by atoms with Crippen molar-refractivity contribution in [2.24, 2.45) is 0 Å². The summed E-state index contributed by atoms with van der Waals surface area (Å²) in [5.41, 5.74) is 1.51. The van der Waals surface area contributed by atoms with Crippen LogP contribution < -0.4 is 10.1 Å². The fourth-order valence-corrected chi connectivity index (χ4v) is 2.27. The number of nitrogens with one attached hydrogen (secondary N) is 1. The second-order valence-corrected chi connectivity index (χ2v) is 4.77. The Hall–Kier alpha value is -2.90. The van der Waals surface area contributed by atoms with Gasteiger partial charge in [-0.05, 0) is 12.1 Å². The molecule has 3 amide bonds. The fourth-order valence-electron chi connectivity index (χ4n) is 2.27. The first kappa shape index (κ1) is 14.1. The maximum Gasteiger partial charge on any atom is 0.324 e. The third-order valence-electron chi connectivity index (χ3n) is 3.41. The largest absolute Gasteiger partial charge is 0.496 e. The minimum atomic E-state index is -0.366. The molecule has 8 heteroatoms. The Morgan fingerprint density at radius 2 is 2.09 bits per heavy atom. The van der Waals surface area contributed by atoms with Gasteiger partial charge in [-0.2, -0.15) is 0 Å². The Balaban J connectivity index is 1.71. The van der Waals surface area contributed by atoms with Crippen LogP contribution in [-0.4, -0.2) is 52.0 Å². The number of para-hydroxylation sites is 1. The first-order chi connectivity index (χ1) is 10.7. The molecule has 0 radical (unpaired) electrons. The molecule has 1 fully saturated rings. The van der Waals surface area contributed by atoms with Gasteiger partial charge in [-0.1, -0.05) is 17.3 Å². The molecular formula is C14H15N5O3. The summed E-state index contributed by atoms with van der Waals surface area (Å²) >= 11 is 0. The molecule has 1 aliphatic heterocycles. The minimum absolute atomic E-state index is 0.0582. The standard InChI is InChI=1S/C14H15N5O3/c1-22-12-5-3-2-4-10(12)11-9-18(17-16-11)6-7-19-13(20)8-15-14(19)21/h2-5,9H,6-8H2,1H3,(H,15,21). The molecule has 8 nitrogen and oxygen atoms in total. The van der Waals surface area contributed by atoms with Crippen molar-refractivity contribution in [3.8, 4) is 17.0 Å². The number of aromatic nitrogens is 3. The van der Waals surface area contributed by atoms with Gasteiger partial charge in [0, 0.05) is 5.56 Å². The summed E-state index contributed by atoms with van der Waals surface area (Å²) in [4.78, 5) is 24.1. The molecule has 0 aliphatic carbocycles. The molecule has 2 heterocycles. The number of ether oxygens (including phenoxy) is 1. The van der Waals surface area contributed by atoms with Crippen LogP contribution in [0, 0.1) is 0 Å². The van der Waals surface area contributed by atoms with E-state index in [4.69, 9.17) is 4.74 Å². The first-order valence-electron chi connectivity index (χ1n) is 6.81. The average Bonchev–Trinajstić information content (AvgIpc) is 3.13. The lowest BCUT2D eigenvalue weighted by Gasteiger charge is -2.11. The third-order valence-corrected chi connectivity index (χ3v) is 3.41. The number of amides is 3. The van der Waals surface area contributed by atoms with Crippen LogP contribution in [0.1, 0.15) is 0 Å². The highest BCUT2D eigenvalue weighted by Gasteiger charge is 2.27. The number of carbonyl (C=O) groups is 2. The number of carbonyl (C=O) groups excluding carboxylic acids is 2. The molecule has 22 heavy (non-hydrogen) atoms. The van der Waals surface area contributed by atoms with E-state index in [-0.39, 0.29) is 25.0 Å². The van der Waals surface area contributed by atoms with E-state index in [1.165, 1.54) is 4.90 Å². The van der Waals surface area contributed by atoms with Crippen molar-refractivity contribution >= 4 is 11.9 Å². The quantitative estimate of drug-likeness (QED) is 0.813. The van der Waals surface area contributed by atoms with E-state index >= 15 is 0 Å². The smallest absolute Gasteiger partial charge is 0.324 e. The second-order valence-electron chi connectivity index (χ2n) is 4.77. The van der Waals surface area contributed by atoms with Crippen molar-refractivity contribution in [3.63, 3.8) is 0 Å². The van der Waals surface area contributed by atoms with E-state index in [1.807, 2.05) is 24.3 Å². The summed E-state index contributed by atoms with van der Waals surface area (Å²) in [6.07, 6.45) is 1.76. The Morgan fingerprint density at radius 3 is 2.82 bits per heavy atom. The Labute approximate surface area is 126 Å². The summed E-state index contributed by atoms with van der Waals surface area (Å²) in [6.45, 7) is 0.712. The zero-order valence-corrected chi connectivity index (χ0v) is 12.0. The van der Waals surface area contributed by atoms with Gasteiger partial charge < -0.3 is 10.1 Å². The van der Waals surface area contributed by atoms with E-state index in [2.05, 4.69) is 15.6 Å². The summed E-state index contributed by atoms with van der Waals surface area (Å²) in [6, 6.07) is 7.15. The van der Waals surface area contributed by atoms with Crippen LogP contribution in [0.25, 0.3) is 11.3 Å². The van der Waals surface area contributed by atoms with Crippen molar-refractivity contribution in [1.82, 2.24) is 25.2 Å². The molecule has 2 aromatic rings. The predicted molar refractivity (Wildman–Crippen MR) is 77.1 cm³/mol. The minimum Gasteiger partial charge on any atom is -0.496 e. The van der Waals surface area contributed by atoms with E-state index in [0.717, 1.165) is 5.56 Å². The number of imide groups is 1. The van der Waals surface area contributed by atoms with Crippen LogP contribution in [0.3, 0.4) is 0 Å². The number of methoxy groups -OCH3 is 1. The second kappa shape index (κ2) is 5.84. The number of nitrogens with zero attached hydrogens (tertiary/aromatic N) is 4. The van der Waals surface area contributed by atoms with Gasteiger partial charge in [-0.3, -0.25) is 14.4 Å². The zero-order valence-electron chi connectivity index (χ0n) is 12.0. The highest BCUT2D eigenvalue weighted by Crippen LogP contribution is 2.27. The van der Waals surface area contributed by atoms with Crippen LogP contribution in [0.2, 0.25) is 0 Å². The number of hydrogen-bond acceptors (Lipinski definition) is 5. The SMILES string of the molecule is COc1ccccc1-c1cn(CCN2C(=O)CNC2=O)nn1. The molecule has 1 N–H and O–H groups in total. The Kier molecular flexibility index (Phi) is 3.73. The van der Waals surface area contributed by atoms with Crippen molar-refractivity contribution in [1.29, 1.82) is 0 Å². The summed E-state index contributed by atoms with van der Waals surface area (Å²) in [5, 5.41) is 10.6. The van der Waals surface area contributed by atoms with Gasteiger partial charge in [-0.15, -0.1) is 5.10 Å². The maximum absolute atomic E-state index is 11.5. The van der Waals surface area contributed by atoms with E-state index in [1.54, 1.807) is 18.0 Å². The van der Waals surface area contributed by atoms with E-state index in [9.17, 15) is 9.59 Å². The number of hydrogen-bond donors (Lipinski definition) is 1. The highest BCUT2D eigenvalue weighted by molar-refractivity contribution is 6.01. The molecule has 1 saturated heterocycles. The monoisotopic (exact) mass is 301 g/mol. The summed E-state index contributed by atoms with van der Waals surface area (Å²) in [7, 11) is 1.60. The van der Waals surface area contributed by atoms with Gasteiger partial charge in [0.15, 0.2) is 0 Å². The number of urea groups is 1. The lowest BCUT2D eigenvalue weighted by atomic mass is 10.1. The van der Waals surface area contributed by atoms with Crippen molar-refractivity contribution in [2.45, 2.75) is 6.54 Å². The number of rotatable bonds is 5. The molecule has 1 aromatic carbocycles.